The van der Waals surface area contributed by atoms with Crippen LogP contribution < -0.4 is 0 Å². The standard InChI is InChI=1S/C32H55NO/c1-9-30(34)33(8)25-16-18-31(6)24(20-25)12-13-26-28-15-14-27(32(28,7)19-17-29(26)31)23(5)11-10-22(4)21(2)3/h9,21-29H,1,10-20H2,2-8H3/t22-,23-,24+,25+,26+,27-,28+,29+,31+,32-/m1/s1. The number of carbonyl (C=O) groups is 1. The van der Waals surface area contributed by atoms with Crippen LogP contribution in [0.4, 0.5) is 0 Å². The fourth-order valence-electron chi connectivity index (χ4n) is 9.95. The van der Waals surface area contributed by atoms with Crippen LogP contribution in [0.25, 0.3) is 0 Å². The second kappa shape index (κ2) is 9.93. The molecule has 4 rings (SSSR count). The normalized spacial score (nSPS) is 43.4. The number of hydrogen-bond donors (Lipinski definition) is 0. The lowest BCUT2D eigenvalue weighted by atomic mass is 9.44. The van der Waals surface area contributed by atoms with E-state index in [0.29, 0.717) is 16.9 Å². The third-order valence-electron chi connectivity index (χ3n) is 12.7. The van der Waals surface area contributed by atoms with Crippen LogP contribution in [0.5, 0.6) is 0 Å². The Labute approximate surface area is 211 Å². The van der Waals surface area contributed by atoms with E-state index in [1.807, 2.05) is 11.9 Å². The van der Waals surface area contributed by atoms with E-state index in [4.69, 9.17) is 0 Å². The van der Waals surface area contributed by atoms with E-state index in [-0.39, 0.29) is 5.91 Å². The smallest absolute Gasteiger partial charge is 0.245 e. The van der Waals surface area contributed by atoms with Crippen molar-refractivity contribution in [1.29, 1.82) is 0 Å². The van der Waals surface area contributed by atoms with Crippen molar-refractivity contribution in [3.05, 3.63) is 12.7 Å². The Morgan fingerprint density at radius 2 is 1.62 bits per heavy atom. The fraction of sp³-hybridized carbons (Fsp3) is 0.906. The van der Waals surface area contributed by atoms with Gasteiger partial charge in [-0.05, 0) is 122 Å². The zero-order valence-corrected chi connectivity index (χ0v) is 23.6. The van der Waals surface area contributed by atoms with Crippen molar-refractivity contribution in [1.82, 2.24) is 4.90 Å². The van der Waals surface area contributed by atoms with Crippen LogP contribution in [-0.2, 0) is 4.79 Å². The van der Waals surface area contributed by atoms with E-state index in [1.165, 1.54) is 76.7 Å². The molecule has 0 bridgehead atoms. The topological polar surface area (TPSA) is 20.3 Å². The summed E-state index contributed by atoms with van der Waals surface area (Å²) in [7, 11) is 2.00. The van der Waals surface area contributed by atoms with E-state index in [1.54, 1.807) is 0 Å². The summed E-state index contributed by atoms with van der Waals surface area (Å²) >= 11 is 0. The Kier molecular flexibility index (Phi) is 7.67. The zero-order chi connectivity index (χ0) is 24.8. The molecular weight excluding hydrogens is 414 g/mol. The molecule has 0 N–H and O–H groups in total. The molecule has 1 amide bonds. The highest BCUT2D eigenvalue weighted by molar-refractivity contribution is 5.87. The lowest BCUT2D eigenvalue weighted by molar-refractivity contribution is -0.137. The molecule has 0 aromatic rings. The maximum absolute atomic E-state index is 12.2. The maximum Gasteiger partial charge on any atom is 0.245 e. The lowest BCUT2D eigenvalue weighted by Gasteiger charge is -2.61. The molecule has 2 heteroatoms. The number of rotatable bonds is 7. The minimum absolute atomic E-state index is 0.102. The average molecular weight is 470 g/mol. The second-order valence-electron chi connectivity index (χ2n) is 14.2. The van der Waals surface area contributed by atoms with Crippen LogP contribution in [0.3, 0.4) is 0 Å². The van der Waals surface area contributed by atoms with Gasteiger partial charge in [0.15, 0.2) is 0 Å². The molecule has 4 aliphatic carbocycles. The molecule has 194 valence electrons. The third kappa shape index (κ3) is 4.43. The van der Waals surface area contributed by atoms with Crippen molar-refractivity contribution >= 4 is 5.91 Å². The van der Waals surface area contributed by atoms with Crippen molar-refractivity contribution in [2.75, 3.05) is 7.05 Å². The Hall–Kier alpha value is -0.790. The summed E-state index contributed by atoms with van der Waals surface area (Å²) in [6, 6.07) is 0.416. The van der Waals surface area contributed by atoms with E-state index in [2.05, 4.69) is 48.1 Å². The minimum atomic E-state index is 0.102. The van der Waals surface area contributed by atoms with E-state index in [9.17, 15) is 4.79 Å². The molecule has 0 radical (unpaired) electrons. The molecule has 4 fully saturated rings. The predicted molar refractivity (Wildman–Crippen MR) is 144 cm³/mol. The Morgan fingerprint density at radius 1 is 0.941 bits per heavy atom. The first-order valence-electron chi connectivity index (χ1n) is 14.9. The summed E-state index contributed by atoms with van der Waals surface area (Å²) in [5, 5.41) is 0. The van der Waals surface area contributed by atoms with Gasteiger partial charge in [-0.25, -0.2) is 0 Å². The molecule has 4 aliphatic rings. The maximum atomic E-state index is 12.2. The molecule has 0 aromatic carbocycles. The van der Waals surface area contributed by atoms with E-state index >= 15 is 0 Å². The van der Waals surface area contributed by atoms with Gasteiger partial charge in [0.05, 0.1) is 0 Å². The molecule has 0 aliphatic heterocycles. The van der Waals surface area contributed by atoms with Gasteiger partial charge < -0.3 is 4.90 Å². The van der Waals surface area contributed by atoms with Gasteiger partial charge in [-0.2, -0.15) is 0 Å². The van der Waals surface area contributed by atoms with Crippen LogP contribution in [0.2, 0.25) is 0 Å². The first kappa shape index (κ1) is 26.3. The predicted octanol–water partition coefficient (Wildman–Crippen LogP) is 8.37. The number of fused-ring (bicyclic) bond motifs is 5. The van der Waals surface area contributed by atoms with Gasteiger partial charge in [-0.1, -0.05) is 61.0 Å². The molecule has 0 saturated heterocycles. The van der Waals surface area contributed by atoms with Crippen LogP contribution in [0, 0.1) is 58.2 Å². The van der Waals surface area contributed by atoms with Crippen molar-refractivity contribution < 1.29 is 4.79 Å². The highest BCUT2D eigenvalue weighted by Gasteiger charge is 2.60. The number of carbonyl (C=O) groups excluding carboxylic acids is 1. The Bertz CT molecular complexity index is 743. The number of likely N-dealkylation sites (N-methyl/N-ethyl adjacent to an activating group) is 1. The molecule has 0 unspecified atom stereocenters. The monoisotopic (exact) mass is 469 g/mol. The van der Waals surface area contributed by atoms with Gasteiger partial charge in [0, 0.05) is 13.1 Å². The van der Waals surface area contributed by atoms with Gasteiger partial charge in [-0.3, -0.25) is 4.79 Å². The van der Waals surface area contributed by atoms with Crippen molar-refractivity contribution in [2.24, 2.45) is 58.2 Å². The Morgan fingerprint density at radius 3 is 2.29 bits per heavy atom. The van der Waals surface area contributed by atoms with Gasteiger partial charge in [-0.15, -0.1) is 0 Å². The van der Waals surface area contributed by atoms with Crippen molar-refractivity contribution in [3.8, 4) is 0 Å². The quantitative estimate of drug-likeness (QED) is 0.343. The third-order valence-corrected chi connectivity index (χ3v) is 12.7. The molecule has 0 aromatic heterocycles. The number of nitrogens with zero attached hydrogens (tertiary/aromatic N) is 1. The molecular formula is C32H55NO. The van der Waals surface area contributed by atoms with Crippen LogP contribution in [0.15, 0.2) is 12.7 Å². The molecule has 0 spiro atoms. The number of hydrogen-bond acceptors (Lipinski definition) is 1. The van der Waals surface area contributed by atoms with Gasteiger partial charge in [0.25, 0.3) is 0 Å². The van der Waals surface area contributed by atoms with Crippen molar-refractivity contribution in [3.63, 3.8) is 0 Å². The average Bonchev–Trinajstić information content (AvgIpc) is 3.17. The van der Waals surface area contributed by atoms with E-state index in [0.717, 1.165) is 47.3 Å². The van der Waals surface area contributed by atoms with Crippen molar-refractivity contribution in [2.45, 2.75) is 118 Å². The SMILES string of the molecule is C=CC(=O)N(C)[C@H]1CC[C@@]2(C)[C@@H](CC[C@@H]3[C@@H]2CC[C@]2(C)[C@@H]([C@H](C)CC[C@@H](C)C(C)C)CC[C@@H]32)C1. The fourth-order valence-corrected chi connectivity index (χ4v) is 9.95. The second-order valence-corrected chi connectivity index (χ2v) is 14.2. The summed E-state index contributed by atoms with van der Waals surface area (Å²) in [5.41, 5.74) is 1.08. The lowest BCUT2D eigenvalue weighted by Crippen LogP contribution is -2.55. The van der Waals surface area contributed by atoms with Gasteiger partial charge >= 0.3 is 0 Å². The summed E-state index contributed by atoms with van der Waals surface area (Å²) in [5.74, 6) is 7.23. The molecule has 0 heterocycles. The summed E-state index contributed by atoms with van der Waals surface area (Å²) in [6.45, 7) is 18.9. The van der Waals surface area contributed by atoms with E-state index < -0.39 is 0 Å². The largest absolute Gasteiger partial charge is 0.339 e. The molecule has 2 nitrogen and oxygen atoms in total. The Balaban J connectivity index is 1.43. The summed E-state index contributed by atoms with van der Waals surface area (Å²) < 4.78 is 0. The minimum Gasteiger partial charge on any atom is -0.339 e. The number of amides is 1. The van der Waals surface area contributed by atoms with Crippen LogP contribution in [0.1, 0.15) is 112 Å². The first-order valence-corrected chi connectivity index (χ1v) is 14.9. The highest BCUT2D eigenvalue weighted by Crippen LogP contribution is 2.68. The first-order chi connectivity index (χ1) is 16.0. The highest BCUT2D eigenvalue weighted by atomic mass is 16.2. The summed E-state index contributed by atoms with van der Waals surface area (Å²) in [4.78, 5) is 14.2. The van der Waals surface area contributed by atoms with Crippen LogP contribution in [-0.4, -0.2) is 23.9 Å². The molecule has 4 saturated carbocycles. The molecule has 10 atom stereocenters. The van der Waals surface area contributed by atoms with Gasteiger partial charge in [0.1, 0.15) is 0 Å². The van der Waals surface area contributed by atoms with Gasteiger partial charge in [0.2, 0.25) is 5.91 Å². The summed E-state index contributed by atoms with van der Waals surface area (Å²) in [6.07, 6.45) is 16.8. The zero-order valence-electron chi connectivity index (χ0n) is 23.6. The molecule has 34 heavy (non-hydrogen) atoms. The van der Waals surface area contributed by atoms with Crippen LogP contribution >= 0.6 is 0 Å².